The van der Waals surface area contributed by atoms with E-state index >= 15 is 0 Å². The van der Waals surface area contributed by atoms with Crippen molar-refractivity contribution in [2.45, 2.75) is 32.1 Å². The molecule has 0 aromatic heterocycles. The summed E-state index contributed by atoms with van der Waals surface area (Å²) in [6.07, 6.45) is 5.64. The third-order valence-electron chi connectivity index (χ3n) is 3.41. The van der Waals surface area contributed by atoms with Gasteiger partial charge in [-0.2, -0.15) is 0 Å². The third-order valence-corrected chi connectivity index (χ3v) is 3.41. The highest BCUT2D eigenvalue weighted by molar-refractivity contribution is 5.90. The second-order valence-electron chi connectivity index (χ2n) is 4.74. The summed E-state index contributed by atoms with van der Waals surface area (Å²) in [5, 5.41) is 9.15. The number of benzene rings is 1. The molecular formula is C15H18O3. The van der Waals surface area contributed by atoms with Gasteiger partial charge in [0.15, 0.2) is 0 Å². The fraction of sp³-hybridized carbons (Fsp3) is 0.400. The lowest BCUT2D eigenvalue weighted by Crippen LogP contribution is -2.19. The largest absolute Gasteiger partial charge is 0.508 e. The molecule has 0 unspecified atom stereocenters. The molecule has 96 valence electrons. The topological polar surface area (TPSA) is 46.5 Å². The van der Waals surface area contributed by atoms with Crippen LogP contribution in [0.4, 0.5) is 0 Å². The zero-order chi connectivity index (χ0) is 13.0. The van der Waals surface area contributed by atoms with E-state index in [1.165, 1.54) is 18.6 Å². The van der Waals surface area contributed by atoms with Gasteiger partial charge in [-0.3, -0.25) is 0 Å². The van der Waals surface area contributed by atoms with E-state index < -0.39 is 0 Å². The van der Waals surface area contributed by atoms with Gasteiger partial charge in [-0.25, -0.2) is 4.79 Å². The molecule has 0 spiro atoms. The normalized spacial score (nSPS) is 16.2. The zero-order valence-corrected chi connectivity index (χ0v) is 10.4. The molecule has 1 aliphatic rings. The minimum absolute atomic E-state index is 0.154. The van der Waals surface area contributed by atoms with Crippen LogP contribution in [-0.4, -0.2) is 11.1 Å². The van der Waals surface area contributed by atoms with Crippen LogP contribution >= 0.6 is 0 Å². The Morgan fingerprint density at radius 2 is 1.78 bits per heavy atom. The van der Waals surface area contributed by atoms with Crippen molar-refractivity contribution >= 4 is 5.97 Å². The van der Waals surface area contributed by atoms with Gasteiger partial charge in [-0.05, 0) is 43.0 Å². The molecule has 1 aromatic rings. The van der Waals surface area contributed by atoms with Crippen LogP contribution in [0, 0.1) is 5.92 Å². The lowest BCUT2D eigenvalue weighted by molar-refractivity contribution is -0.130. The molecule has 0 heterocycles. The molecule has 3 nitrogen and oxygen atoms in total. The Morgan fingerprint density at radius 1 is 1.17 bits per heavy atom. The van der Waals surface area contributed by atoms with Gasteiger partial charge >= 0.3 is 5.97 Å². The molecule has 1 aliphatic carbocycles. The minimum Gasteiger partial charge on any atom is -0.508 e. The molecule has 0 radical (unpaired) electrons. The highest BCUT2D eigenvalue weighted by Crippen LogP contribution is 2.29. The first-order valence-electron chi connectivity index (χ1n) is 6.37. The number of phenolic OH excluding ortho intramolecular Hbond substituents is 1. The van der Waals surface area contributed by atoms with Crippen molar-refractivity contribution in [2.24, 2.45) is 5.92 Å². The van der Waals surface area contributed by atoms with Crippen molar-refractivity contribution in [2.75, 3.05) is 0 Å². The summed E-state index contributed by atoms with van der Waals surface area (Å²) < 4.78 is 5.23. The maximum Gasteiger partial charge on any atom is 0.339 e. The van der Waals surface area contributed by atoms with Gasteiger partial charge < -0.3 is 9.84 Å². The summed E-state index contributed by atoms with van der Waals surface area (Å²) in [5.41, 5.74) is 0.572. The monoisotopic (exact) mass is 246 g/mol. The first-order chi connectivity index (χ1) is 8.66. The van der Waals surface area contributed by atoms with Gasteiger partial charge in [0, 0.05) is 5.57 Å². The van der Waals surface area contributed by atoms with Gasteiger partial charge in [0.2, 0.25) is 0 Å². The van der Waals surface area contributed by atoms with Gasteiger partial charge in [0.05, 0.1) is 0 Å². The number of ether oxygens (including phenoxy) is 1. The second-order valence-corrected chi connectivity index (χ2v) is 4.74. The van der Waals surface area contributed by atoms with Crippen molar-refractivity contribution in [1.29, 1.82) is 0 Å². The summed E-state index contributed by atoms with van der Waals surface area (Å²) in [6.45, 7) is 3.87. The van der Waals surface area contributed by atoms with Crippen molar-refractivity contribution in [3.63, 3.8) is 0 Å². The van der Waals surface area contributed by atoms with Crippen molar-refractivity contribution < 1.29 is 14.6 Å². The maximum atomic E-state index is 11.9. The number of carbonyl (C=O) groups is 1. The van der Waals surface area contributed by atoms with E-state index in [9.17, 15) is 4.79 Å². The first-order valence-corrected chi connectivity index (χ1v) is 6.37. The predicted molar refractivity (Wildman–Crippen MR) is 69.5 cm³/mol. The molecule has 0 atom stereocenters. The number of rotatable bonds is 3. The van der Waals surface area contributed by atoms with E-state index in [-0.39, 0.29) is 17.6 Å². The lowest BCUT2D eigenvalue weighted by Gasteiger charge is -2.22. The van der Waals surface area contributed by atoms with Crippen LogP contribution in [0.1, 0.15) is 32.1 Å². The molecule has 0 aliphatic heterocycles. The van der Waals surface area contributed by atoms with Crippen LogP contribution in [0.2, 0.25) is 0 Å². The summed E-state index contributed by atoms with van der Waals surface area (Å²) in [6, 6.07) is 6.13. The standard InChI is InChI=1S/C15H18O3/c1-11(12-5-3-2-4-6-12)15(17)18-14-9-7-13(16)8-10-14/h7-10,12,16H,1-6H2. The quantitative estimate of drug-likeness (QED) is 0.505. The van der Waals surface area contributed by atoms with Crippen LogP contribution in [0.25, 0.3) is 0 Å². The number of aromatic hydroxyl groups is 1. The Kier molecular flexibility index (Phi) is 4.03. The van der Waals surface area contributed by atoms with Crippen LogP contribution in [0.3, 0.4) is 0 Å². The van der Waals surface area contributed by atoms with Gasteiger partial charge in [-0.1, -0.05) is 25.8 Å². The predicted octanol–water partition coefficient (Wildman–Crippen LogP) is 3.43. The number of esters is 1. The van der Waals surface area contributed by atoms with E-state index in [1.54, 1.807) is 12.1 Å². The SMILES string of the molecule is C=C(C(=O)Oc1ccc(O)cc1)C1CCCCC1. The Balaban J connectivity index is 1.94. The molecule has 0 saturated heterocycles. The summed E-state index contributed by atoms with van der Waals surface area (Å²) in [5.74, 6) is 0.506. The number of phenols is 1. The van der Waals surface area contributed by atoms with E-state index in [4.69, 9.17) is 9.84 Å². The van der Waals surface area contributed by atoms with E-state index in [0.29, 0.717) is 11.3 Å². The van der Waals surface area contributed by atoms with E-state index in [0.717, 1.165) is 25.7 Å². The molecule has 1 aromatic carbocycles. The van der Waals surface area contributed by atoms with Gasteiger partial charge in [0.25, 0.3) is 0 Å². The van der Waals surface area contributed by atoms with E-state index in [1.807, 2.05) is 0 Å². The smallest absolute Gasteiger partial charge is 0.339 e. The fourth-order valence-electron chi connectivity index (χ4n) is 2.30. The van der Waals surface area contributed by atoms with Crippen LogP contribution in [0.5, 0.6) is 11.5 Å². The lowest BCUT2D eigenvalue weighted by atomic mass is 9.84. The fourth-order valence-corrected chi connectivity index (χ4v) is 2.30. The Hall–Kier alpha value is -1.77. The number of hydrogen-bond donors (Lipinski definition) is 1. The molecule has 0 bridgehead atoms. The third kappa shape index (κ3) is 3.13. The molecule has 18 heavy (non-hydrogen) atoms. The highest BCUT2D eigenvalue weighted by Gasteiger charge is 2.22. The first kappa shape index (κ1) is 12.7. The second kappa shape index (κ2) is 5.71. The summed E-state index contributed by atoms with van der Waals surface area (Å²) in [4.78, 5) is 11.9. The Morgan fingerprint density at radius 3 is 2.39 bits per heavy atom. The molecular weight excluding hydrogens is 228 g/mol. The van der Waals surface area contributed by atoms with Crippen molar-refractivity contribution in [3.05, 3.63) is 36.4 Å². The maximum absolute atomic E-state index is 11.9. The van der Waals surface area contributed by atoms with Gasteiger partial charge in [0.1, 0.15) is 11.5 Å². The summed E-state index contributed by atoms with van der Waals surface area (Å²) >= 11 is 0. The molecule has 0 amide bonds. The molecule has 1 fully saturated rings. The number of hydrogen-bond acceptors (Lipinski definition) is 3. The molecule has 1 N–H and O–H groups in total. The van der Waals surface area contributed by atoms with Crippen molar-refractivity contribution in [1.82, 2.24) is 0 Å². The van der Waals surface area contributed by atoms with Crippen LogP contribution in [0.15, 0.2) is 36.4 Å². The Bertz CT molecular complexity index is 428. The van der Waals surface area contributed by atoms with Crippen LogP contribution in [-0.2, 0) is 4.79 Å². The van der Waals surface area contributed by atoms with Crippen LogP contribution < -0.4 is 4.74 Å². The van der Waals surface area contributed by atoms with Gasteiger partial charge in [-0.15, -0.1) is 0 Å². The molecule has 2 rings (SSSR count). The average Bonchev–Trinajstić information content (AvgIpc) is 2.41. The van der Waals surface area contributed by atoms with E-state index in [2.05, 4.69) is 6.58 Å². The number of carbonyl (C=O) groups excluding carboxylic acids is 1. The van der Waals surface area contributed by atoms with Crippen molar-refractivity contribution in [3.8, 4) is 11.5 Å². The Labute approximate surface area is 107 Å². The summed E-state index contributed by atoms with van der Waals surface area (Å²) in [7, 11) is 0. The zero-order valence-electron chi connectivity index (χ0n) is 10.4. The molecule has 3 heteroatoms. The minimum atomic E-state index is -0.354. The average molecular weight is 246 g/mol. The highest BCUT2D eigenvalue weighted by atomic mass is 16.5. The molecule has 1 saturated carbocycles.